The van der Waals surface area contributed by atoms with E-state index in [2.05, 4.69) is 18.3 Å². The molecular weight excluding hydrogens is 210 g/mol. The average molecular weight is 228 g/mol. The van der Waals surface area contributed by atoms with Crippen molar-refractivity contribution in [1.82, 2.24) is 0 Å². The summed E-state index contributed by atoms with van der Waals surface area (Å²) in [6.07, 6.45) is 0.986. The molecule has 15 heavy (non-hydrogen) atoms. The maximum atomic E-state index is 6.15. The molecule has 2 nitrogen and oxygen atoms in total. The van der Waals surface area contributed by atoms with E-state index in [9.17, 15) is 0 Å². The van der Waals surface area contributed by atoms with Gasteiger partial charge in [-0.1, -0.05) is 17.7 Å². The van der Waals surface area contributed by atoms with Gasteiger partial charge in [-0.2, -0.15) is 0 Å². The molecule has 0 saturated carbocycles. The molecule has 0 unspecified atom stereocenters. The number of rotatable bonds is 5. The summed E-state index contributed by atoms with van der Waals surface area (Å²) in [5.41, 5.74) is 3.43. The number of anilines is 1. The van der Waals surface area contributed by atoms with E-state index in [1.54, 1.807) is 7.11 Å². The summed E-state index contributed by atoms with van der Waals surface area (Å²) in [4.78, 5) is 0. The Hall–Kier alpha value is -0.730. The molecular formula is C12H18ClNO. The smallest absolute Gasteiger partial charge is 0.0642 e. The maximum Gasteiger partial charge on any atom is 0.0642 e. The summed E-state index contributed by atoms with van der Waals surface area (Å²) >= 11 is 6.15. The van der Waals surface area contributed by atoms with Crippen LogP contribution in [-0.4, -0.2) is 20.3 Å². The number of halogens is 1. The third-order valence-corrected chi connectivity index (χ3v) is 2.56. The van der Waals surface area contributed by atoms with Crippen LogP contribution in [0.5, 0.6) is 0 Å². The molecule has 0 bridgehead atoms. The molecule has 1 rings (SSSR count). The lowest BCUT2D eigenvalue weighted by Crippen LogP contribution is -2.06. The highest BCUT2D eigenvalue weighted by Gasteiger charge is 2.03. The van der Waals surface area contributed by atoms with Gasteiger partial charge in [0, 0.05) is 20.3 Å². The lowest BCUT2D eigenvalue weighted by molar-refractivity contribution is 0.198. The van der Waals surface area contributed by atoms with Crippen LogP contribution in [0.3, 0.4) is 0 Å². The van der Waals surface area contributed by atoms with Crippen molar-refractivity contribution in [3.63, 3.8) is 0 Å². The largest absolute Gasteiger partial charge is 0.385 e. The quantitative estimate of drug-likeness (QED) is 0.779. The minimum absolute atomic E-state index is 0.773. The second-order valence-electron chi connectivity index (χ2n) is 3.71. The van der Waals surface area contributed by atoms with E-state index in [0.717, 1.165) is 30.3 Å². The van der Waals surface area contributed by atoms with Gasteiger partial charge in [0.1, 0.15) is 0 Å². The van der Waals surface area contributed by atoms with Crippen molar-refractivity contribution < 1.29 is 4.74 Å². The number of benzene rings is 1. The lowest BCUT2D eigenvalue weighted by Gasteiger charge is -2.12. The molecule has 3 heteroatoms. The second kappa shape index (κ2) is 5.99. The molecule has 0 aliphatic rings. The summed E-state index contributed by atoms with van der Waals surface area (Å²) in [5.74, 6) is 0. The molecule has 0 saturated heterocycles. The predicted octanol–water partition coefficient (Wildman–Crippen LogP) is 3.41. The first-order valence-corrected chi connectivity index (χ1v) is 5.52. The number of nitrogens with one attached hydrogen (secondary N) is 1. The maximum absolute atomic E-state index is 6.15. The molecule has 1 aromatic rings. The highest BCUT2D eigenvalue weighted by Crippen LogP contribution is 2.27. The molecule has 0 amide bonds. The van der Waals surface area contributed by atoms with Gasteiger partial charge in [0.2, 0.25) is 0 Å². The first-order chi connectivity index (χ1) is 7.15. The van der Waals surface area contributed by atoms with Crippen LogP contribution in [0.4, 0.5) is 5.69 Å². The Balaban J connectivity index is 2.60. The van der Waals surface area contributed by atoms with E-state index in [-0.39, 0.29) is 0 Å². The molecule has 0 aromatic heterocycles. The summed E-state index contributed by atoms with van der Waals surface area (Å²) in [7, 11) is 1.71. The van der Waals surface area contributed by atoms with Crippen LogP contribution in [-0.2, 0) is 4.74 Å². The summed E-state index contributed by atoms with van der Waals surface area (Å²) in [6.45, 7) is 5.78. The number of aryl methyl sites for hydroxylation is 2. The van der Waals surface area contributed by atoms with Crippen LogP contribution < -0.4 is 5.32 Å². The van der Waals surface area contributed by atoms with Gasteiger partial charge in [-0.05, 0) is 37.5 Å². The molecule has 0 heterocycles. The van der Waals surface area contributed by atoms with Crippen molar-refractivity contribution in [2.45, 2.75) is 20.3 Å². The predicted molar refractivity (Wildman–Crippen MR) is 65.9 cm³/mol. The summed E-state index contributed by atoms with van der Waals surface area (Å²) in [5, 5.41) is 4.13. The van der Waals surface area contributed by atoms with Crippen LogP contribution in [0.2, 0.25) is 5.02 Å². The van der Waals surface area contributed by atoms with Crippen molar-refractivity contribution in [1.29, 1.82) is 0 Å². The first kappa shape index (κ1) is 12.3. The molecule has 0 radical (unpaired) electrons. The molecule has 0 fully saturated rings. The zero-order valence-corrected chi connectivity index (χ0v) is 10.3. The Morgan fingerprint density at radius 2 is 2.07 bits per heavy atom. The Morgan fingerprint density at radius 1 is 1.33 bits per heavy atom. The highest BCUT2D eigenvalue weighted by molar-refractivity contribution is 6.33. The third kappa shape index (κ3) is 3.73. The number of ether oxygens (including phenoxy) is 1. The molecule has 0 atom stereocenters. The van der Waals surface area contributed by atoms with Crippen LogP contribution in [0.25, 0.3) is 0 Å². The van der Waals surface area contributed by atoms with E-state index in [4.69, 9.17) is 16.3 Å². The van der Waals surface area contributed by atoms with E-state index in [0.29, 0.717) is 0 Å². The summed E-state index contributed by atoms with van der Waals surface area (Å²) in [6, 6.07) is 4.11. The van der Waals surface area contributed by atoms with Gasteiger partial charge in [0.25, 0.3) is 0 Å². The van der Waals surface area contributed by atoms with Gasteiger partial charge in [0.15, 0.2) is 0 Å². The SMILES string of the molecule is COCCCNc1c(C)cc(C)cc1Cl. The van der Waals surface area contributed by atoms with E-state index < -0.39 is 0 Å². The fraction of sp³-hybridized carbons (Fsp3) is 0.500. The number of hydrogen-bond acceptors (Lipinski definition) is 2. The van der Waals surface area contributed by atoms with Gasteiger partial charge < -0.3 is 10.1 Å². The first-order valence-electron chi connectivity index (χ1n) is 5.14. The fourth-order valence-electron chi connectivity index (χ4n) is 1.57. The zero-order chi connectivity index (χ0) is 11.3. The minimum Gasteiger partial charge on any atom is -0.385 e. The van der Waals surface area contributed by atoms with Crippen molar-refractivity contribution in [3.05, 3.63) is 28.3 Å². The van der Waals surface area contributed by atoms with Crippen molar-refractivity contribution in [3.8, 4) is 0 Å². The highest BCUT2D eigenvalue weighted by atomic mass is 35.5. The van der Waals surface area contributed by atoms with E-state index in [1.165, 1.54) is 11.1 Å². The third-order valence-electron chi connectivity index (χ3n) is 2.26. The fourth-order valence-corrected chi connectivity index (χ4v) is 1.96. The van der Waals surface area contributed by atoms with Gasteiger partial charge in [-0.3, -0.25) is 0 Å². The molecule has 84 valence electrons. The van der Waals surface area contributed by atoms with Crippen molar-refractivity contribution in [2.75, 3.05) is 25.6 Å². The molecule has 0 aliphatic heterocycles. The Bertz CT molecular complexity index is 302. The Labute approximate surface area is 96.6 Å². The van der Waals surface area contributed by atoms with Crippen LogP contribution in [0.1, 0.15) is 17.5 Å². The second-order valence-corrected chi connectivity index (χ2v) is 4.12. The number of hydrogen-bond donors (Lipinski definition) is 1. The van der Waals surface area contributed by atoms with Gasteiger partial charge >= 0.3 is 0 Å². The van der Waals surface area contributed by atoms with E-state index in [1.807, 2.05) is 13.0 Å². The normalized spacial score (nSPS) is 10.4. The van der Waals surface area contributed by atoms with Crippen molar-refractivity contribution >= 4 is 17.3 Å². The topological polar surface area (TPSA) is 21.3 Å². The monoisotopic (exact) mass is 227 g/mol. The average Bonchev–Trinajstić information content (AvgIpc) is 2.15. The van der Waals surface area contributed by atoms with Crippen molar-refractivity contribution in [2.24, 2.45) is 0 Å². The molecule has 1 N–H and O–H groups in total. The minimum atomic E-state index is 0.773. The summed E-state index contributed by atoms with van der Waals surface area (Å²) < 4.78 is 4.99. The van der Waals surface area contributed by atoms with E-state index >= 15 is 0 Å². The molecule has 1 aromatic carbocycles. The Morgan fingerprint density at radius 3 is 2.67 bits per heavy atom. The Kier molecular flexibility index (Phi) is 4.92. The van der Waals surface area contributed by atoms with Gasteiger partial charge in [-0.15, -0.1) is 0 Å². The van der Waals surface area contributed by atoms with Gasteiger partial charge in [-0.25, -0.2) is 0 Å². The van der Waals surface area contributed by atoms with Crippen LogP contribution in [0.15, 0.2) is 12.1 Å². The number of methoxy groups -OCH3 is 1. The zero-order valence-electron chi connectivity index (χ0n) is 9.56. The van der Waals surface area contributed by atoms with Crippen LogP contribution >= 0.6 is 11.6 Å². The lowest BCUT2D eigenvalue weighted by atomic mass is 10.1. The standard InChI is InChI=1S/C12H18ClNO/c1-9-7-10(2)12(11(13)8-9)14-5-4-6-15-3/h7-8,14H,4-6H2,1-3H3. The van der Waals surface area contributed by atoms with Gasteiger partial charge in [0.05, 0.1) is 10.7 Å². The molecule has 0 aliphatic carbocycles. The van der Waals surface area contributed by atoms with Crippen LogP contribution in [0, 0.1) is 13.8 Å². The molecule has 0 spiro atoms.